The molecule has 0 bridgehead atoms. The van der Waals surface area contributed by atoms with E-state index in [9.17, 15) is 10.1 Å². The molecule has 0 atom stereocenters. The van der Waals surface area contributed by atoms with E-state index in [4.69, 9.17) is 21.4 Å². The minimum Gasteiger partial charge on any atom is -0.487 e. The molecule has 2 aromatic rings. The molecule has 0 unspecified atom stereocenters. The molecule has 0 fully saturated rings. The molecule has 0 aromatic heterocycles. The fourth-order valence-electron chi connectivity index (χ4n) is 1.68. The topological polar surface area (TPSA) is 72.6 Å². The molecule has 0 radical (unpaired) electrons. The number of halogens is 1. The number of non-ortho nitro benzene ring substituents is 1. The van der Waals surface area contributed by atoms with Crippen LogP contribution in [-0.4, -0.2) is 10.0 Å². The summed E-state index contributed by atoms with van der Waals surface area (Å²) in [5.74, 6) is 0.468. The van der Waals surface area contributed by atoms with E-state index in [1.165, 1.54) is 12.1 Å². The summed E-state index contributed by atoms with van der Waals surface area (Å²) in [6, 6.07) is 11.2. The Balaban J connectivity index is 2.09. The molecule has 1 N–H and O–H groups in total. The lowest BCUT2D eigenvalue weighted by Gasteiger charge is -2.09. The van der Waals surface area contributed by atoms with Gasteiger partial charge >= 0.3 is 0 Å². The van der Waals surface area contributed by atoms with Crippen molar-refractivity contribution in [3.63, 3.8) is 0 Å². The molecule has 2 rings (SSSR count). The van der Waals surface area contributed by atoms with Crippen LogP contribution < -0.4 is 4.74 Å². The van der Waals surface area contributed by atoms with E-state index in [2.05, 4.69) is 0 Å². The highest BCUT2D eigenvalue weighted by Gasteiger charge is 2.07. The zero-order valence-corrected chi connectivity index (χ0v) is 11.2. The smallest absolute Gasteiger partial charge is 0.269 e. The van der Waals surface area contributed by atoms with Crippen LogP contribution in [0, 0.1) is 10.1 Å². The number of nitrogens with zero attached hydrogens (tertiary/aromatic N) is 1. The lowest BCUT2D eigenvalue weighted by molar-refractivity contribution is -0.384. The third kappa shape index (κ3) is 3.46. The standard InChI is InChI=1S/C14H12ClNO4/c15-13-7-10(8-17)4-5-14(13)20-9-11-2-1-3-12(6-11)16(18)19/h1-7,17H,8-9H2. The predicted molar refractivity (Wildman–Crippen MR) is 74.8 cm³/mol. The molecule has 0 saturated carbocycles. The van der Waals surface area contributed by atoms with Crippen LogP contribution in [0.4, 0.5) is 5.69 Å². The maximum atomic E-state index is 10.7. The number of rotatable bonds is 5. The quantitative estimate of drug-likeness (QED) is 0.678. The van der Waals surface area contributed by atoms with Gasteiger partial charge in [-0.1, -0.05) is 29.8 Å². The van der Waals surface area contributed by atoms with E-state index in [0.29, 0.717) is 21.9 Å². The maximum absolute atomic E-state index is 10.7. The van der Waals surface area contributed by atoms with Gasteiger partial charge in [0.15, 0.2) is 0 Å². The van der Waals surface area contributed by atoms with E-state index in [1.807, 2.05) is 0 Å². The molecule has 0 spiro atoms. The summed E-state index contributed by atoms with van der Waals surface area (Å²) in [6.07, 6.45) is 0. The Morgan fingerprint density at radius 1 is 1.20 bits per heavy atom. The van der Waals surface area contributed by atoms with Crippen molar-refractivity contribution in [2.45, 2.75) is 13.2 Å². The summed E-state index contributed by atoms with van der Waals surface area (Å²) < 4.78 is 5.52. The Morgan fingerprint density at radius 2 is 2.00 bits per heavy atom. The highest BCUT2D eigenvalue weighted by atomic mass is 35.5. The number of nitro benzene ring substituents is 1. The van der Waals surface area contributed by atoms with Gasteiger partial charge in [-0.25, -0.2) is 0 Å². The SMILES string of the molecule is O=[N+]([O-])c1cccc(COc2ccc(CO)cc2Cl)c1. The van der Waals surface area contributed by atoms with Gasteiger partial charge in [0, 0.05) is 12.1 Å². The normalized spacial score (nSPS) is 10.3. The summed E-state index contributed by atoms with van der Waals surface area (Å²) in [4.78, 5) is 10.2. The molecule has 104 valence electrons. The molecular formula is C14H12ClNO4. The summed E-state index contributed by atoms with van der Waals surface area (Å²) in [5.41, 5.74) is 1.40. The summed E-state index contributed by atoms with van der Waals surface area (Å²) in [6.45, 7) is 0.0880. The van der Waals surface area contributed by atoms with Crippen molar-refractivity contribution < 1.29 is 14.8 Å². The molecule has 5 nitrogen and oxygen atoms in total. The average molecular weight is 294 g/mol. The van der Waals surface area contributed by atoms with Crippen molar-refractivity contribution in [2.75, 3.05) is 0 Å². The largest absolute Gasteiger partial charge is 0.487 e. The fourth-order valence-corrected chi connectivity index (χ4v) is 1.94. The second-order valence-corrected chi connectivity index (χ2v) is 4.55. The lowest BCUT2D eigenvalue weighted by atomic mass is 10.2. The van der Waals surface area contributed by atoms with Crippen molar-refractivity contribution >= 4 is 17.3 Å². The number of hydrogen-bond donors (Lipinski definition) is 1. The molecule has 0 heterocycles. The van der Waals surface area contributed by atoms with Crippen molar-refractivity contribution in [1.29, 1.82) is 0 Å². The zero-order chi connectivity index (χ0) is 14.5. The van der Waals surface area contributed by atoms with Gasteiger partial charge in [0.25, 0.3) is 5.69 Å². The highest BCUT2D eigenvalue weighted by Crippen LogP contribution is 2.26. The number of aliphatic hydroxyl groups excluding tert-OH is 1. The van der Waals surface area contributed by atoms with Crippen molar-refractivity contribution in [1.82, 2.24) is 0 Å². The van der Waals surface area contributed by atoms with Crippen molar-refractivity contribution in [3.8, 4) is 5.75 Å². The minimum atomic E-state index is -0.452. The van der Waals surface area contributed by atoms with Gasteiger partial charge in [0.1, 0.15) is 12.4 Å². The van der Waals surface area contributed by atoms with Gasteiger partial charge in [-0.2, -0.15) is 0 Å². The number of nitro groups is 1. The first-order valence-corrected chi connectivity index (χ1v) is 6.23. The lowest BCUT2D eigenvalue weighted by Crippen LogP contribution is -1.98. The second-order valence-electron chi connectivity index (χ2n) is 4.14. The third-order valence-corrected chi connectivity index (χ3v) is 2.99. The molecule has 6 heteroatoms. The van der Waals surface area contributed by atoms with Crippen LogP contribution in [0.5, 0.6) is 5.75 Å². The molecule has 0 aliphatic heterocycles. The number of hydrogen-bond acceptors (Lipinski definition) is 4. The summed E-state index contributed by atoms with van der Waals surface area (Å²) in [5, 5.41) is 20.0. The zero-order valence-electron chi connectivity index (χ0n) is 10.5. The van der Waals surface area contributed by atoms with Crippen LogP contribution in [0.25, 0.3) is 0 Å². The minimum absolute atomic E-state index is 0.0211. The first-order valence-electron chi connectivity index (χ1n) is 5.85. The van der Waals surface area contributed by atoms with E-state index in [0.717, 1.165) is 0 Å². The van der Waals surface area contributed by atoms with Crippen LogP contribution in [0.2, 0.25) is 5.02 Å². The number of ether oxygens (including phenoxy) is 1. The molecule has 2 aromatic carbocycles. The van der Waals surface area contributed by atoms with Gasteiger partial charge in [0.2, 0.25) is 0 Å². The Kier molecular flexibility index (Phi) is 4.55. The predicted octanol–water partition coefficient (Wildman–Crippen LogP) is 3.32. The molecular weight excluding hydrogens is 282 g/mol. The van der Waals surface area contributed by atoms with Crippen LogP contribution in [-0.2, 0) is 13.2 Å². The first kappa shape index (κ1) is 14.3. The van der Waals surface area contributed by atoms with E-state index < -0.39 is 4.92 Å². The Labute approximate surface area is 120 Å². The van der Waals surface area contributed by atoms with Crippen LogP contribution in [0.3, 0.4) is 0 Å². The summed E-state index contributed by atoms with van der Waals surface area (Å²) >= 11 is 6.01. The van der Waals surface area contributed by atoms with Gasteiger partial charge in [-0.05, 0) is 23.3 Å². The number of benzene rings is 2. The highest BCUT2D eigenvalue weighted by molar-refractivity contribution is 6.32. The van der Waals surface area contributed by atoms with Crippen LogP contribution >= 0.6 is 11.6 Å². The van der Waals surface area contributed by atoms with E-state index >= 15 is 0 Å². The summed E-state index contributed by atoms with van der Waals surface area (Å²) in [7, 11) is 0. The Morgan fingerprint density at radius 3 is 2.65 bits per heavy atom. The van der Waals surface area contributed by atoms with Crippen molar-refractivity contribution in [3.05, 3.63) is 68.7 Å². The molecule has 0 amide bonds. The van der Waals surface area contributed by atoms with Crippen molar-refractivity contribution in [2.24, 2.45) is 0 Å². The molecule has 0 aliphatic carbocycles. The number of aliphatic hydroxyl groups is 1. The molecule has 20 heavy (non-hydrogen) atoms. The molecule has 0 saturated heterocycles. The third-order valence-electron chi connectivity index (χ3n) is 2.69. The monoisotopic (exact) mass is 293 g/mol. The Hall–Kier alpha value is -2.11. The Bertz CT molecular complexity index is 630. The average Bonchev–Trinajstić information content (AvgIpc) is 2.46. The second kappa shape index (κ2) is 6.36. The van der Waals surface area contributed by atoms with Gasteiger partial charge in [-0.15, -0.1) is 0 Å². The first-order chi connectivity index (χ1) is 9.60. The van der Waals surface area contributed by atoms with Gasteiger partial charge in [0.05, 0.1) is 16.6 Å². The van der Waals surface area contributed by atoms with Crippen LogP contribution in [0.15, 0.2) is 42.5 Å². The van der Waals surface area contributed by atoms with Crippen LogP contribution in [0.1, 0.15) is 11.1 Å². The maximum Gasteiger partial charge on any atom is 0.269 e. The van der Waals surface area contributed by atoms with E-state index in [1.54, 1.807) is 30.3 Å². The molecule has 0 aliphatic rings. The van der Waals surface area contributed by atoms with Gasteiger partial charge in [-0.3, -0.25) is 10.1 Å². The van der Waals surface area contributed by atoms with Gasteiger partial charge < -0.3 is 9.84 Å². The fraction of sp³-hybridized carbons (Fsp3) is 0.143. The van der Waals surface area contributed by atoms with E-state index in [-0.39, 0.29) is 18.9 Å².